The summed E-state index contributed by atoms with van der Waals surface area (Å²) in [5.74, 6) is 0.961. The predicted molar refractivity (Wildman–Crippen MR) is 154 cm³/mol. The molecule has 0 saturated heterocycles. The first-order chi connectivity index (χ1) is 18.7. The van der Waals surface area contributed by atoms with Crippen LogP contribution in [0.15, 0.2) is 104 Å². The van der Waals surface area contributed by atoms with Gasteiger partial charge < -0.3 is 4.84 Å². The number of hydrogen-bond donors (Lipinski definition) is 0. The zero-order chi connectivity index (χ0) is 26.1. The van der Waals surface area contributed by atoms with E-state index in [2.05, 4.69) is 64.8 Å². The Morgan fingerprint density at radius 2 is 1.55 bits per heavy atom. The second kappa shape index (κ2) is 9.82. The van der Waals surface area contributed by atoms with E-state index in [1.54, 1.807) is 7.11 Å². The fourth-order valence-electron chi connectivity index (χ4n) is 5.13. The Morgan fingerprint density at radius 1 is 0.842 bits per heavy atom. The van der Waals surface area contributed by atoms with Gasteiger partial charge in [0.2, 0.25) is 5.82 Å². The Labute approximate surface area is 221 Å². The van der Waals surface area contributed by atoms with Gasteiger partial charge in [0.05, 0.1) is 24.3 Å². The number of para-hydroxylation sites is 3. The molecule has 0 N–H and O–H groups in total. The van der Waals surface area contributed by atoms with Crippen molar-refractivity contribution in [3.8, 4) is 11.3 Å². The summed E-state index contributed by atoms with van der Waals surface area (Å²) in [5.41, 5.74) is 7.49. The number of aromatic nitrogens is 5. The molecule has 6 nitrogen and oxygen atoms in total. The summed E-state index contributed by atoms with van der Waals surface area (Å²) in [6.07, 6.45) is 8.07. The SMILES string of the molecule is C=CCn1c(C=Cc2c(-c3ccccc3)n(OC)c3ccccc23)[n+](CC=C)c2nc3ccccc3nc21. The minimum Gasteiger partial charge on any atom is -0.416 e. The van der Waals surface area contributed by atoms with Gasteiger partial charge in [0.25, 0.3) is 5.65 Å². The van der Waals surface area contributed by atoms with E-state index in [0.29, 0.717) is 13.1 Å². The van der Waals surface area contributed by atoms with E-state index in [9.17, 15) is 0 Å². The van der Waals surface area contributed by atoms with Gasteiger partial charge in [0.15, 0.2) is 5.52 Å². The summed E-state index contributed by atoms with van der Waals surface area (Å²) in [4.78, 5) is 15.9. The molecule has 0 radical (unpaired) electrons. The lowest BCUT2D eigenvalue weighted by Crippen LogP contribution is -2.36. The summed E-state index contributed by atoms with van der Waals surface area (Å²) in [6, 6.07) is 26.6. The Morgan fingerprint density at radius 3 is 2.29 bits per heavy atom. The van der Waals surface area contributed by atoms with E-state index in [1.807, 2.05) is 65.4 Å². The highest BCUT2D eigenvalue weighted by Crippen LogP contribution is 2.34. The number of nitrogens with zero attached hydrogens (tertiary/aromatic N) is 5. The number of benzene rings is 3. The predicted octanol–water partition coefficient (Wildman–Crippen LogP) is 6.09. The van der Waals surface area contributed by atoms with Crippen molar-refractivity contribution in [2.24, 2.45) is 0 Å². The fourth-order valence-corrected chi connectivity index (χ4v) is 5.13. The minimum absolute atomic E-state index is 0.596. The molecule has 0 unspecified atom stereocenters. The number of allylic oxidation sites excluding steroid dienone is 2. The average molecular weight is 499 g/mol. The highest BCUT2D eigenvalue weighted by atomic mass is 16.6. The topological polar surface area (TPSA) is 48.8 Å². The van der Waals surface area contributed by atoms with Gasteiger partial charge in [-0.1, -0.05) is 91.0 Å². The van der Waals surface area contributed by atoms with Crippen molar-refractivity contribution in [3.63, 3.8) is 0 Å². The normalized spacial score (nSPS) is 11.6. The van der Waals surface area contributed by atoms with Crippen LogP contribution in [0.4, 0.5) is 0 Å². The maximum atomic E-state index is 5.89. The first-order valence-corrected chi connectivity index (χ1v) is 12.6. The molecule has 0 aliphatic rings. The summed E-state index contributed by atoms with van der Waals surface area (Å²) in [6.45, 7) is 9.20. The summed E-state index contributed by atoms with van der Waals surface area (Å²) in [5, 5.41) is 1.10. The standard InChI is InChI=1S/C32H28N5O/c1-4-21-35-29(36(22-5-2)32-31(35)33-26-16-10-11-17-27(26)34-32)20-19-25-24-15-9-12-18-28(24)37(38-3)30(25)23-13-7-6-8-14-23/h4-20H,1-2,21-22H2,3H3/q+1. The fraction of sp³-hybridized carbons (Fsp3) is 0.0938. The molecule has 6 aromatic rings. The summed E-state index contributed by atoms with van der Waals surface area (Å²) >= 11 is 0. The molecule has 3 aromatic heterocycles. The molecule has 0 fully saturated rings. The molecule has 6 rings (SSSR count). The van der Waals surface area contributed by atoms with Crippen molar-refractivity contribution in [2.45, 2.75) is 13.1 Å². The van der Waals surface area contributed by atoms with Crippen LogP contribution in [0.3, 0.4) is 0 Å². The molecule has 0 amide bonds. The molecule has 38 heavy (non-hydrogen) atoms. The van der Waals surface area contributed by atoms with Crippen molar-refractivity contribution in [2.75, 3.05) is 7.11 Å². The number of imidazole rings is 1. The van der Waals surface area contributed by atoms with Crippen LogP contribution in [0.5, 0.6) is 0 Å². The molecule has 3 aromatic carbocycles. The van der Waals surface area contributed by atoms with Gasteiger partial charge in [-0.15, -0.1) is 0 Å². The Bertz CT molecular complexity index is 1780. The Kier molecular flexibility index (Phi) is 6.06. The summed E-state index contributed by atoms with van der Waals surface area (Å²) in [7, 11) is 1.70. The Balaban J connectivity index is 1.63. The highest BCUT2D eigenvalue weighted by molar-refractivity contribution is 5.99. The molecule has 0 spiro atoms. The quantitative estimate of drug-likeness (QED) is 0.188. The zero-order valence-corrected chi connectivity index (χ0v) is 21.3. The van der Waals surface area contributed by atoms with E-state index in [-0.39, 0.29) is 0 Å². The second-order valence-corrected chi connectivity index (χ2v) is 8.97. The largest absolute Gasteiger partial charge is 0.416 e. The van der Waals surface area contributed by atoms with Crippen LogP contribution < -0.4 is 9.40 Å². The van der Waals surface area contributed by atoms with Crippen LogP contribution in [-0.2, 0) is 13.1 Å². The highest BCUT2D eigenvalue weighted by Gasteiger charge is 2.25. The first-order valence-electron chi connectivity index (χ1n) is 12.6. The van der Waals surface area contributed by atoms with Crippen LogP contribution in [0.2, 0.25) is 0 Å². The molecule has 3 heterocycles. The van der Waals surface area contributed by atoms with E-state index in [0.717, 1.165) is 55.9 Å². The molecular weight excluding hydrogens is 470 g/mol. The number of rotatable bonds is 8. The number of hydrogen-bond acceptors (Lipinski definition) is 3. The third kappa shape index (κ3) is 3.78. The smallest absolute Gasteiger partial charge is 0.323 e. The van der Waals surface area contributed by atoms with Gasteiger partial charge >= 0.3 is 5.65 Å². The minimum atomic E-state index is 0.596. The summed E-state index contributed by atoms with van der Waals surface area (Å²) < 4.78 is 6.20. The van der Waals surface area contributed by atoms with Crippen molar-refractivity contribution < 1.29 is 9.40 Å². The van der Waals surface area contributed by atoms with Gasteiger partial charge in [0, 0.05) is 22.6 Å². The maximum Gasteiger partial charge on any atom is 0.323 e. The van der Waals surface area contributed by atoms with Gasteiger partial charge in [0.1, 0.15) is 12.6 Å². The molecule has 0 aliphatic heterocycles. The van der Waals surface area contributed by atoms with Gasteiger partial charge in [-0.25, -0.2) is 14.1 Å². The monoisotopic (exact) mass is 498 g/mol. The van der Waals surface area contributed by atoms with Crippen molar-refractivity contribution in [3.05, 3.63) is 116 Å². The first kappa shape index (κ1) is 23.4. The van der Waals surface area contributed by atoms with E-state index in [4.69, 9.17) is 14.8 Å². The molecule has 0 atom stereocenters. The maximum absolute atomic E-state index is 5.89. The lowest BCUT2D eigenvalue weighted by molar-refractivity contribution is -0.665. The average Bonchev–Trinajstić information content (AvgIpc) is 3.43. The Hall–Kier alpha value is -4.97. The van der Waals surface area contributed by atoms with E-state index < -0.39 is 0 Å². The van der Waals surface area contributed by atoms with Gasteiger partial charge in [-0.3, -0.25) is 0 Å². The second-order valence-electron chi connectivity index (χ2n) is 8.97. The van der Waals surface area contributed by atoms with Crippen molar-refractivity contribution in [1.29, 1.82) is 0 Å². The van der Waals surface area contributed by atoms with Crippen LogP contribution in [0, 0.1) is 0 Å². The molecule has 0 bridgehead atoms. The van der Waals surface area contributed by atoms with Crippen molar-refractivity contribution >= 4 is 45.4 Å². The van der Waals surface area contributed by atoms with Crippen LogP contribution >= 0.6 is 0 Å². The van der Waals surface area contributed by atoms with Gasteiger partial charge in [-0.2, -0.15) is 4.73 Å². The lowest BCUT2D eigenvalue weighted by Gasteiger charge is -2.09. The van der Waals surface area contributed by atoms with Crippen LogP contribution in [0.1, 0.15) is 11.4 Å². The molecule has 6 heteroatoms. The zero-order valence-electron chi connectivity index (χ0n) is 21.3. The molecule has 186 valence electrons. The lowest BCUT2D eigenvalue weighted by atomic mass is 10.0. The van der Waals surface area contributed by atoms with Crippen LogP contribution in [0.25, 0.3) is 56.6 Å². The molecule has 0 saturated carbocycles. The van der Waals surface area contributed by atoms with E-state index >= 15 is 0 Å². The van der Waals surface area contributed by atoms with Gasteiger partial charge in [-0.05, 0) is 24.3 Å². The molecule has 0 aliphatic carbocycles. The van der Waals surface area contributed by atoms with Crippen molar-refractivity contribution in [1.82, 2.24) is 19.3 Å². The number of fused-ring (bicyclic) bond motifs is 3. The third-order valence-electron chi connectivity index (χ3n) is 6.72. The molecular formula is C32H28N5O+. The third-order valence-corrected chi connectivity index (χ3v) is 6.72. The van der Waals surface area contributed by atoms with Crippen LogP contribution in [-0.4, -0.2) is 26.4 Å². The van der Waals surface area contributed by atoms with E-state index in [1.165, 1.54) is 0 Å².